The lowest BCUT2D eigenvalue weighted by Gasteiger charge is -2.10. The number of hydrogen-bond donors (Lipinski definition) is 0. The Kier molecular flexibility index (Phi) is 5.76. The zero-order chi connectivity index (χ0) is 16.9. The summed E-state index contributed by atoms with van der Waals surface area (Å²) in [5, 5.41) is 3.98. The summed E-state index contributed by atoms with van der Waals surface area (Å²) in [7, 11) is -3.29. The maximum absolute atomic E-state index is 12.1. The van der Waals surface area contributed by atoms with Gasteiger partial charge in [-0.3, -0.25) is 0 Å². The van der Waals surface area contributed by atoms with Crippen LogP contribution in [0.1, 0.15) is 38.2 Å². The van der Waals surface area contributed by atoms with E-state index in [1.54, 1.807) is 6.92 Å². The average molecular weight is 339 g/mol. The molecule has 0 spiro atoms. The van der Waals surface area contributed by atoms with Gasteiger partial charge in [0, 0.05) is 11.8 Å². The molecule has 0 aliphatic heterocycles. The number of ether oxygens (including phenoxy) is 1. The molecule has 1 aromatic carbocycles. The van der Waals surface area contributed by atoms with E-state index in [1.165, 1.54) is 24.3 Å². The lowest BCUT2D eigenvalue weighted by molar-refractivity contribution is -0.135. The minimum atomic E-state index is -3.29. The van der Waals surface area contributed by atoms with Crippen LogP contribution in [-0.4, -0.2) is 39.1 Å². The van der Waals surface area contributed by atoms with Crippen LogP contribution in [0.2, 0.25) is 0 Å². The van der Waals surface area contributed by atoms with Crippen LogP contribution in [0.4, 0.5) is 0 Å². The minimum absolute atomic E-state index is 0.0229. The fraction of sp³-hybridized carbons (Fsp3) is 0.500. The van der Waals surface area contributed by atoms with Crippen molar-refractivity contribution in [3.63, 3.8) is 0 Å². The molecule has 0 bridgehead atoms. The number of oxime groups is 1. The highest BCUT2D eigenvalue weighted by Gasteiger charge is 2.21. The Labute approximate surface area is 136 Å². The van der Waals surface area contributed by atoms with Gasteiger partial charge in [0.05, 0.1) is 11.5 Å². The van der Waals surface area contributed by atoms with E-state index in [1.807, 2.05) is 0 Å². The van der Waals surface area contributed by atoms with Crippen LogP contribution >= 0.6 is 0 Å². The molecule has 0 atom stereocenters. The lowest BCUT2D eigenvalue weighted by Crippen LogP contribution is -2.20. The van der Waals surface area contributed by atoms with Crippen LogP contribution in [0.15, 0.2) is 34.3 Å². The molecule has 1 aliphatic rings. The highest BCUT2D eigenvalue weighted by Crippen LogP contribution is 2.21. The molecular formula is C16H21NO5S. The van der Waals surface area contributed by atoms with E-state index in [9.17, 15) is 13.2 Å². The van der Waals surface area contributed by atoms with Gasteiger partial charge in [0.25, 0.3) is 0 Å². The van der Waals surface area contributed by atoms with Crippen molar-refractivity contribution >= 4 is 21.5 Å². The van der Waals surface area contributed by atoms with Gasteiger partial charge in [-0.15, -0.1) is 0 Å². The standard InChI is InChI=1S/C16H21NO5S/c1-3-21-16(18)15(17-22-13-6-4-5-7-13)12-8-10-14(11-9-12)23(2,19)20/h8-11,13H,3-7H2,1-2H3/b17-15-. The molecule has 0 saturated heterocycles. The zero-order valence-electron chi connectivity index (χ0n) is 13.3. The van der Waals surface area contributed by atoms with Gasteiger partial charge < -0.3 is 9.57 Å². The van der Waals surface area contributed by atoms with Crippen molar-refractivity contribution in [2.75, 3.05) is 12.9 Å². The largest absolute Gasteiger partial charge is 0.461 e. The van der Waals surface area contributed by atoms with Crippen LogP contribution < -0.4 is 0 Å². The SMILES string of the molecule is CCOC(=O)/C(=N\OC1CCCC1)c1ccc(S(C)(=O)=O)cc1. The van der Waals surface area contributed by atoms with Crippen LogP contribution in [0.5, 0.6) is 0 Å². The molecule has 0 heterocycles. The van der Waals surface area contributed by atoms with Crippen LogP contribution in [0, 0.1) is 0 Å². The molecule has 0 amide bonds. The fourth-order valence-electron chi connectivity index (χ4n) is 2.39. The van der Waals surface area contributed by atoms with E-state index in [2.05, 4.69) is 5.16 Å². The van der Waals surface area contributed by atoms with Crippen molar-refractivity contribution in [1.82, 2.24) is 0 Å². The van der Waals surface area contributed by atoms with Crippen molar-refractivity contribution in [3.05, 3.63) is 29.8 Å². The Bertz CT molecular complexity index is 673. The highest BCUT2D eigenvalue weighted by molar-refractivity contribution is 7.90. The Morgan fingerprint density at radius 2 is 1.83 bits per heavy atom. The van der Waals surface area contributed by atoms with Crippen LogP contribution in [0.3, 0.4) is 0 Å². The molecule has 1 fully saturated rings. The number of hydrogen-bond acceptors (Lipinski definition) is 6. The van der Waals surface area contributed by atoms with Crippen molar-refractivity contribution in [2.24, 2.45) is 5.16 Å². The molecule has 126 valence electrons. The predicted octanol–water partition coefficient (Wildman–Crippen LogP) is 2.32. The Morgan fingerprint density at radius 3 is 2.35 bits per heavy atom. The van der Waals surface area contributed by atoms with E-state index < -0.39 is 15.8 Å². The molecule has 0 unspecified atom stereocenters. The summed E-state index contributed by atoms with van der Waals surface area (Å²) in [4.78, 5) is 17.7. The third kappa shape index (κ3) is 4.79. The number of carbonyl (C=O) groups excluding carboxylic acids is 1. The first-order valence-electron chi connectivity index (χ1n) is 7.63. The average Bonchev–Trinajstić information content (AvgIpc) is 3.01. The fourth-order valence-corrected chi connectivity index (χ4v) is 3.02. The predicted molar refractivity (Wildman–Crippen MR) is 86.1 cm³/mol. The number of benzene rings is 1. The summed E-state index contributed by atoms with van der Waals surface area (Å²) < 4.78 is 28.0. The lowest BCUT2D eigenvalue weighted by atomic mass is 10.1. The van der Waals surface area contributed by atoms with Gasteiger partial charge in [0.1, 0.15) is 6.10 Å². The number of rotatable bonds is 6. The van der Waals surface area contributed by atoms with Crippen molar-refractivity contribution in [3.8, 4) is 0 Å². The molecule has 0 aromatic heterocycles. The summed E-state index contributed by atoms with van der Waals surface area (Å²) in [5.41, 5.74) is 0.521. The molecule has 1 saturated carbocycles. The third-order valence-electron chi connectivity index (χ3n) is 3.62. The third-order valence-corrected chi connectivity index (χ3v) is 4.75. The molecule has 6 nitrogen and oxygen atoms in total. The first-order chi connectivity index (χ1) is 10.9. The second-order valence-electron chi connectivity index (χ2n) is 5.47. The van der Waals surface area contributed by atoms with Gasteiger partial charge in [-0.05, 0) is 44.7 Å². The number of carbonyl (C=O) groups is 1. The Hall–Kier alpha value is -1.89. The van der Waals surface area contributed by atoms with E-state index in [0.717, 1.165) is 31.9 Å². The molecule has 1 aliphatic carbocycles. The maximum atomic E-state index is 12.1. The number of sulfone groups is 1. The van der Waals surface area contributed by atoms with Gasteiger partial charge in [0.2, 0.25) is 0 Å². The minimum Gasteiger partial charge on any atom is -0.461 e. The van der Waals surface area contributed by atoms with Gasteiger partial charge >= 0.3 is 5.97 Å². The van der Waals surface area contributed by atoms with E-state index in [0.29, 0.717) is 5.56 Å². The summed E-state index contributed by atoms with van der Waals surface area (Å²) >= 11 is 0. The van der Waals surface area contributed by atoms with Gasteiger partial charge in [-0.1, -0.05) is 17.3 Å². The number of nitrogens with zero attached hydrogens (tertiary/aromatic N) is 1. The second-order valence-corrected chi connectivity index (χ2v) is 7.48. The molecule has 1 aromatic rings. The first-order valence-corrected chi connectivity index (χ1v) is 9.52. The van der Waals surface area contributed by atoms with Crippen molar-refractivity contribution in [2.45, 2.75) is 43.6 Å². The Morgan fingerprint density at radius 1 is 1.22 bits per heavy atom. The van der Waals surface area contributed by atoms with E-state index in [4.69, 9.17) is 9.57 Å². The first kappa shape index (κ1) is 17.5. The topological polar surface area (TPSA) is 82.0 Å². The van der Waals surface area contributed by atoms with E-state index in [-0.39, 0.29) is 23.3 Å². The second kappa shape index (κ2) is 7.59. The summed E-state index contributed by atoms with van der Waals surface area (Å²) in [6.07, 6.45) is 5.19. The van der Waals surface area contributed by atoms with Crippen LogP contribution in [-0.2, 0) is 24.2 Å². The Balaban J connectivity index is 2.25. The van der Waals surface area contributed by atoms with E-state index >= 15 is 0 Å². The van der Waals surface area contributed by atoms with Crippen molar-refractivity contribution < 1.29 is 22.8 Å². The molecule has 0 N–H and O–H groups in total. The molecule has 23 heavy (non-hydrogen) atoms. The monoisotopic (exact) mass is 339 g/mol. The summed E-state index contributed by atoms with van der Waals surface area (Å²) in [5.74, 6) is -0.586. The highest BCUT2D eigenvalue weighted by atomic mass is 32.2. The maximum Gasteiger partial charge on any atom is 0.361 e. The normalized spacial score (nSPS) is 16.3. The summed E-state index contributed by atoms with van der Waals surface area (Å²) in [6.45, 7) is 1.93. The molecule has 0 radical (unpaired) electrons. The van der Waals surface area contributed by atoms with Crippen molar-refractivity contribution in [1.29, 1.82) is 0 Å². The molecule has 7 heteroatoms. The van der Waals surface area contributed by atoms with Crippen LogP contribution in [0.25, 0.3) is 0 Å². The molecular weight excluding hydrogens is 318 g/mol. The zero-order valence-corrected chi connectivity index (χ0v) is 14.1. The quantitative estimate of drug-likeness (QED) is 0.451. The van der Waals surface area contributed by atoms with Gasteiger partial charge in [-0.25, -0.2) is 13.2 Å². The van der Waals surface area contributed by atoms with Gasteiger partial charge in [-0.2, -0.15) is 0 Å². The number of esters is 1. The van der Waals surface area contributed by atoms with Gasteiger partial charge in [0.15, 0.2) is 15.5 Å². The molecule has 2 rings (SSSR count). The smallest absolute Gasteiger partial charge is 0.361 e. The summed E-state index contributed by atoms with van der Waals surface area (Å²) in [6, 6.07) is 5.94.